The zero-order valence-corrected chi connectivity index (χ0v) is 17.2. The number of carbonyl (C=O) groups excluding carboxylic acids is 3. The molecule has 0 saturated carbocycles. The minimum atomic E-state index is -5.06. The third-order valence-electron chi connectivity index (χ3n) is 4.12. The smallest absolute Gasteiger partial charge is 0.419 e. The third kappa shape index (κ3) is 5.02. The SMILES string of the molecule is CCOC(=O)c1cn(CC(=O)c2ccc(Cl)c(C)c2)c(C(=O)OCC)c1C(F)(F)F. The molecular formula is C20H19ClF3NO5. The lowest BCUT2D eigenvalue weighted by molar-refractivity contribution is -0.138. The van der Waals surface area contributed by atoms with Gasteiger partial charge in [-0.15, -0.1) is 0 Å². The van der Waals surface area contributed by atoms with Gasteiger partial charge in [0.05, 0.1) is 25.3 Å². The van der Waals surface area contributed by atoms with Crippen molar-refractivity contribution in [1.82, 2.24) is 4.57 Å². The van der Waals surface area contributed by atoms with Crippen molar-refractivity contribution in [2.24, 2.45) is 0 Å². The van der Waals surface area contributed by atoms with Crippen LogP contribution in [0.1, 0.15) is 56.2 Å². The van der Waals surface area contributed by atoms with Gasteiger partial charge in [0.2, 0.25) is 0 Å². The molecule has 0 amide bonds. The van der Waals surface area contributed by atoms with Gasteiger partial charge in [-0.05, 0) is 44.5 Å². The van der Waals surface area contributed by atoms with Crippen molar-refractivity contribution in [3.63, 3.8) is 0 Å². The van der Waals surface area contributed by atoms with E-state index in [-0.39, 0.29) is 18.8 Å². The maximum atomic E-state index is 13.8. The van der Waals surface area contributed by atoms with E-state index < -0.39 is 47.3 Å². The van der Waals surface area contributed by atoms with Gasteiger partial charge < -0.3 is 14.0 Å². The summed E-state index contributed by atoms with van der Waals surface area (Å²) in [6, 6.07) is 4.38. The van der Waals surface area contributed by atoms with E-state index in [1.54, 1.807) is 6.92 Å². The number of aromatic nitrogens is 1. The van der Waals surface area contributed by atoms with Crippen LogP contribution in [0.3, 0.4) is 0 Å². The predicted molar refractivity (Wildman–Crippen MR) is 102 cm³/mol. The van der Waals surface area contributed by atoms with E-state index in [4.69, 9.17) is 16.3 Å². The molecular weight excluding hydrogens is 427 g/mol. The number of ether oxygens (including phenoxy) is 2. The van der Waals surface area contributed by atoms with Gasteiger partial charge in [0.1, 0.15) is 11.3 Å². The van der Waals surface area contributed by atoms with E-state index in [0.29, 0.717) is 10.6 Å². The Labute approximate surface area is 175 Å². The summed E-state index contributed by atoms with van der Waals surface area (Å²) in [5, 5.41) is 0.420. The normalized spacial score (nSPS) is 11.3. The number of halogens is 4. The van der Waals surface area contributed by atoms with Crippen LogP contribution in [0.5, 0.6) is 0 Å². The summed E-state index contributed by atoms with van der Waals surface area (Å²) in [4.78, 5) is 37.1. The molecule has 0 aliphatic carbocycles. The number of nitrogens with zero attached hydrogens (tertiary/aromatic N) is 1. The molecule has 0 N–H and O–H groups in total. The van der Waals surface area contributed by atoms with Gasteiger partial charge >= 0.3 is 18.1 Å². The molecule has 0 radical (unpaired) electrons. The highest BCUT2D eigenvalue weighted by atomic mass is 35.5. The van der Waals surface area contributed by atoms with Crippen molar-refractivity contribution in [1.29, 1.82) is 0 Å². The minimum absolute atomic E-state index is 0.168. The van der Waals surface area contributed by atoms with E-state index in [9.17, 15) is 27.6 Å². The molecule has 0 aliphatic heterocycles. The molecule has 0 saturated heterocycles. The van der Waals surface area contributed by atoms with E-state index in [2.05, 4.69) is 4.74 Å². The summed E-state index contributed by atoms with van der Waals surface area (Å²) in [6.07, 6.45) is -4.27. The van der Waals surface area contributed by atoms with Gasteiger partial charge in [0, 0.05) is 16.8 Å². The predicted octanol–water partition coefficient (Wildman–Crippen LogP) is 4.71. The molecule has 6 nitrogen and oxygen atoms in total. The topological polar surface area (TPSA) is 74.6 Å². The molecule has 30 heavy (non-hydrogen) atoms. The average Bonchev–Trinajstić information content (AvgIpc) is 3.04. The zero-order valence-electron chi connectivity index (χ0n) is 16.4. The summed E-state index contributed by atoms with van der Waals surface area (Å²) in [5.74, 6) is -3.15. The highest BCUT2D eigenvalue weighted by molar-refractivity contribution is 6.31. The highest BCUT2D eigenvalue weighted by Gasteiger charge is 2.44. The molecule has 1 aromatic carbocycles. The fourth-order valence-corrected chi connectivity index (χ4v) is 2.93. The number of hydrogen-bond donors (Lipinski definition) is 0. The van der Waals surface area contributed by atoms with Crippen LogP contribution in [0.15, 0.2) is 24.4 Å². The fraction of sp³-hybridized carbons (Fsp3) is 0.350. The Bertz CT molecular complexity index is 982. The van der Waals surface area contributed by atoms with Crippen LogP contribution in [0, 0.1) is 6.92 Å². The van der Waals surface area contributed by atoms with Crippen molar-refractivity contribution in [2.75, 3.05) is 13.2 Å². The monoisotopic (exact) mass is 445 g/mol. The standard InChI is InChI=1S/C20H19ClF3NO5/c1-4-29-18(27)13-9-25(10-15(26)12-6-7-14(21)11(3)8-12)17(19(28)30-5-2)16(13)20(22,23)24/h6-9H,4-5,10H2,1-3H3. The second-order valence-corrected chi connectivity index (χ2v) is 6.63. The fourth-order valence-electron chi connectivity index (χ4n) is 2.81. The van der Waals surface area contributed by atoms with E-state index >= 15 is 0 Å². The summed E-state index contributed by atoms with van der Waals surface area (Å²) < 4.78 is 51.4. The largest absolute Gasteiger partial charge is 0.462 e. The number of rotatable bonds is 7. The van der Waals surface area contributed by atoms with Gasteiger partial charge in [-0.2, -0.15) is 13.2 Å². The first kappa shape index (κ1) is 23.5. The number of ketones is 1. The first-order valence-corrected chi connectivity index (χ1v) is 9.32. The molecule has 162 valence electrons. The Morgan fingerprint density at radius 3 is 2.20 bits per heavy atom. The lowest BCUT2D eigenvalue weighted by Gasteiger charge is -2.13. The minimum Gasteiger partial charge on any atom is -0.462 e. The lowest BCUT2D eigenvalue weighted by Crippen LogP contribution is -2.21. The molecule has 1 aromatic heterocycles. The zero-order chi connectivity index (χ0) is 22.6. The van der Waals surface area contributed by atoms with Crippen LogP contribution in [-0.4, -0.2) is 35.5 Å². The molecule has 0 unspecified atom stereocenters. The Morgan fingerprint density at radius 1 is 1.07 bits per heavy atom. The molecule has 0 fully saturated rings. The Balaban J connectivity index is 2.61. The van der Waals surface area contributed by atoms with Gasteiger partial charge in [0.15, 0.2) is 5.78 Å². The Morgan fingerprint density at radius 2 is 1.67 bits per heavy atom. The molecule has 0 atom stereocenters. The number of carbonyl (C=O) groups is 3. The third-order valence-corrected chi connectivity index (χ3v) is 4.54. The van der Waals surface area contributed by atoms with Crippen molar-refractivity contribution in [3.8, 4) is 0 Å². The second kappa shape index (κ2) is 9.34. The van der Waals surface area contributed by atoms with Gasteiger partial charge in [-0.3, -0.25) is 4.79 Å². The van der Waals surface area contributed by atoms with Crippen LogP contribution in [0.4, 0.5) is 13.2 Å². The van der Waals surface area contributed by atoms with Gasteiger partial charge in [-0.1, -0.05) is 11.6 Å². The molecule has 2 aromatic rings. The molecule has 0 spiro atoms. The quantitative estimate of drug-likeness (QED) is 0.456. The number of esters is 2. The summed E-state index contributed by atoms with van der Waals surface area (Å²) in [7, 11) is 0. The van der Waals surface area contributed by atoms with Crippen molar-refractivity contribution >= 4 is 29.3 Å². The van der Waals surface area contributed by atoms with Crippen molar-refractivity contribution < 1.29 is 37.0 Å². The maximum absolute atomic E-state index is 13.8. The number of benzene rings is 1. The molecule has 10 heteroatoms. The molecule has 0 aliphatic rings. The lowest BCUT2D eigenvalue weighted by atomic mass is 10.1. The molecule has 1 heterocycles. The van der Waals surface area contributed by atoms with Crippen LogP contribution in [-0.2, 0) is 22.2 Å². The van der Waals surface area contributed by atoms with Crippen LogP contribution in [0.25, 0.3) is 0 Å². The van der Waals surface area contributed by atoms with Crippen LogP contribution in [0.2, 0.25) is 5.02 Å². The summed E-state index contributed by atoms with van der Waals surface area (Å²) in [5.41, 5.74) is -2.52. The van der Waals surface area contributed by atoms with Crippen LogP contribution < -0.4 is 0 Å². The Kier molecular flexibility index (Phi) is 7.30. The average molecular weight is 446 g/mol. The second-order valence-electron chi connectivity index (χ2n) is 6.22. The number of alkyl halides is 3. The Hall–Kier alpha value is -2.81. The molecule has 0 bridgehead atoms. The van der Waals surface area contributed by atoms with E-state index in [0.717, 1.165) is 10.8 Å². The summed E-state index contributed by atoms with van der Waals surface area (Å²) >= 11 is 5.93. The first-order valence-electron chi connectivity index (χ1n) is 8.95. The van der Waals surface area contributed by atoms with Crippen molar-refractivity contribution in [3.05, 3.63) is 57.4 Å². The van der Waals surface area contributed by atoms with Crippen molar-refractivity contribution in [2.45, 2.75) is 33.5 Å². The van der Waals surface area contributed by atoms with Gasteiger partial charge in [0.25, 0.3) is 0 Å². The van der Waals surface area contributed by atoms with Gasteiger partial charge in [-0.25, -0.2) is 9.59 Å². The maximum Gasteiger partial charge on any atom is 0.419 e. The van der Waals surface area contributed by atoms with E-state index in [1.165, 1.54) is 32.0 Å². The molecule has 2 rings (SSSR count). The number of aryl methyl sites for hydroxylation is 1. The highest BCUT2D eigenvalue weighted by Crippen LogP contribution is 2.37. The summed E-state index contributed by atoms with van der Waals surface area (Å²) in [6.45, 7) is 3.53. The van der Waals surface area contributed by atoms with Crippen LogP contribution >= 0.6 is 11.6 Å². The first-order chi connectivity index (χ1) is 14.0. The number of hydrogen-bond acceptors (Lipinski definition) is 5. The van der Waals surface area contributed by atoms with E-state index in [1.807, 2.05) is 0 Å². The number of Topliss-reactive ketones (excluding diaryl/α,β-unsaturated/α-hetero) is 1.